The van der Waals surface area contributed by atoms with Crippen molar-refractivity contribution >= 4 is 13.8 Å². The second kappa shape index (κ2) is 49.1. The number of rotatable bonds is 49. The van der Waals surface area contributed by atoms with Gasteiger partial charge in [0, 0.05) is 13.0 Å². The first-order valence-corrected chi connectivity index (χ1v) is 28.3. The van der Waals surface area contributed by atoms with E-state index in [1.165, 1.54) is 96.3 Å². The van der Waals surface area contributed by atoms with Gasteiger partial charge in [0.2, 0.25) is 0 Å². The molecular formula is C57H102NO7P. The van der Waals surface area contributed by atoms with Crippen molar-refractivity contribution in [3.8, 4) is 0 Å². The molecule has 0 aliphatic carbocycles. The molecule has 0 amide bonds. The second-order valence-corrected chi connectivity index (χ2v) is 20.3. The molecular weight excluding hydrogens is 842 g/mol. The van der Waals surface area contributed by atoms with E-state index < -0.39 is 13.9 Å². The van der Waals surface area contributed by atoms with Crippen molar-refractivity contribution in [2.75, 3.05) is 54.1 Å². The Morgan fingerprint density at radius 3 is 1.32 bits per heavy atom. The predicted molar refractivity (Wildman–Crippen MR) is 282 cm³/mol. The predicted octanol–water partition coefficient (Wildman–Crippen LogP) is 16.1. The molecule has 0 aromatic carbocycles. The van der Waals surface area contributed by atoms with Crippen LogP contribution in [0.4, 0.5) is 0 Å². The average Bonchev–Trinajstić information content (AvgIpc) is 3.28. The highest BCUT2D eigenvalue weighted by molar-refractivity contribution is 7.45. The maximum absolute atomic E-state index is 12.8. The van der Waals surface area contributed by atoms with Gasteiger partial charge in [-0.15, -0.1) is 0 Å². The Morgan fingerprint density at radius 2 is 0.879 bits per heavy atom. The number of phosphoric ester groups is 1. The molecule has 0 spiro atoms. The lowest BCUT2D eigenvalue weighted by molar-refractivity contribution is -0.870. The molecule has 0 aromatic heterocycles. The molecule has 0 aliphatic heterocycles. The molecule has 0 rings (SSSR count). The summed E-state index contributed by atoms with van der Waals surface area (Å²) in [6.45, 7) is 5.24. The number of hydrogen-bond acceptors (Lipinski definition) is 7. The van der Waals surface area contributed by atoms with E-state index in [2.05, 4.69) is 98.9 Å². The molecule has 0 heterocycles. The van der Waals surface area contributed by atoms with Crippen LogP contribution in [0.2, 0.25) is 0 Å². The fraction of sp³-hybridized carbons (Fsp3) is 0.737. The third-order valence-electron chi connectivity index (χ3n) is 11.2. The molecule has 0 fully saturated rings. The Morgan fingerprint density at radius 1 is 0.485 bits per heavy atom. The Labute approximate surface area is 407 Å². The van der Waals surface area contributed by atoms with Gasteiger partial charge < -0.3 is 27.9 Å². The van der Waals surface area contributed by atoms with Gasteiger partial charge in [0.25, 0.3) is 7.82 Å². The zero-order chi connectivity index (χ0) is 48.3. The van der Waals surface area contributed by atoms with Crippen LogP contribution in [0.25, 0.3) is 0 Å². The molecule has 382 valence electrons. The lowest BCUT2D eigenvalue weighted by atomic mass is 10.0. The van der Waals surface area contributed by atoms with E-state index in [9.17, 15) is 14.3 Å². The molecule has 0 bridgehead atoms. The molecule has 0 N–H and O–H groups in total. The highest BCUT2D eigenvalue weighted by Crippen LogP contribution is 2.38. The van der Waals surface area contributed by atoms with Gasteiger partial charge in [0.1, 0.15) is 19.3 Å². The zero-order valence-electron chi connectivity index (χ0n) is 43.4. The maximum Gasteiger partial charge on any atom is 0.306 e. The third-order valence-corrected chi connectivity index (χ3v) is 12.2. The molecule has 2 atom stereocenters. The van der Waals surface area contributed by atoms with E-state index in [-0.39, 0.29) is 25.8 Å². The van der Waals surface area contributed by atoms with Crippen molar-refractivity contribution < 1.29 is 37.3 Å². The summed E-state index contributed by atoms with van der Waals surface area (Å²) in [6.07, 6.45) is 66.1. The first-order chi connectivity index (χ1) is 32.1. The van der Waals surface area contributed by atoms with E-state index >= 15 is 0 Å². The van der Waals surface area contributed by atoms with Gasteiger partial charge in [-0.3, -0.25) is 9.36 Å². The normalized spacial score (nSPS) is 14.2. The standard InChI is InChI=1S/C57H102NO7P/c1-6-8-10-12-14-16-18-20-22-24-26-27-28-29-30-31-32-33-35-37-39-41-43-45-47-49-52-62-54-56(55-64-66(60,61)63-53-51-58(3,4)5)65-57(59)50-48-46-44-42-40-38-36-34-25-23-21-19-17-15-13-11-9-7-2/h8,10,14,16,20,22,26-27,29-30,32-33,37,39,56H,6-7,9,11-13,15,17-19,21,23-25,28,31,34-36,38,40-55H2,1-5H3/b10-8-,16-14-,22-20-,27-26-,30-29-,33-32-,39-37-. The van der Waals surface area contributed by atoms with E-state index in [1.807, 2.05) is 21.1 Å². The van der Waals surface area contributed by atoms with Gasteiger partial charge in [-0.2, -0.15) is 0 Å². The summed E-state index contributed by atoms with van der Waals surface area (Å²) in [5, 5.41) is 0. The molecule has 2 unspecified atom stereocenters. The third kappa shape index (κ3) is 52.6. The maximum atomic E-state index is 12.8. The van der Waals surface area contributed by atoms with Crippen LogP contribution in [-0.4, -0.2) is 70.7 Å². The summed E-state index contributed by atoms with van der Waals surface area (Å²) in [7, 11) is 1.33. The number of phosphoric acid groups is 1. The Balaban J connectivity index is 4.20. The van der Waals surface area contributed by atoms with Crippen LogP contribution in [-0.2, 0) is 27.9 Å². The summed E-state index contributed by atoms with van der Waals surface area (Å²) < 4.78 is 34.7. The Bertz CT molecular complexity index is 1330. The molecule has 0 saturated heterocycles. The van der Waals surface area contributed by atoms with Gasteiger partial charge in [0.05, 0.1) is 34.4 Å². The van der Waals surface area contributed by atoms with Crippen LogP contribution in [0.5, 0.6) is 0 Å². The first kappa shape index (κ1) is 63.7. The molecule has 8 nitrogen and oxygen atoms in total. The number of ether oxygens (including phenoxy) is 2. The number of carbonyl (C=O) groups excluding carboxylic acids is 1. The molecule has 0 radical (unpaired) electrons. The average molecular weight is 944 g/mol. The van der Waals surface area contributed by atoms with E-state index in [0.29, 0.717) is 24.1 Å². The van der Waals surface area contributed by atoms with E-state index in [0.717, 1.165) is 96.3 Å². The molecule has 9 heteroatoms. The SMILES string of the molecule is CC/C=C\C/C=C\C/C=C\C/C=C\C/C=C\C/C=C\C/C=C\CCCCCCOCC(COP(=O)([O-])OCC[N+](C)(C)C)OC(=O)CCCCCCCCCCCCCCCCCCCC. The largest absolute Gasteiger partial charge is 0.756 e. The molecule has 0 aliphatic rings. The van der Waals surface area contributed by atoms with Crippen molar-refractivity contribution in [1.82, 2.24) is 0 Å². The van der Waals surface area contributed by atoms with Crippen LogP contribution in [0.15, 0.2) is 85.1 Å². The van der Waals surface area contributed by atoms with Gasteiger partial charge in [-0.05, 0) is 70.6 Å². The summed E-state index contributed by atoms with van der Waals surface area (Å²) in [5.74, 6) is -0.343. The van der Waals surface area contributed by atoms with Crippen molar-refractivity contribution in [2.24, 2.45) is 0 Å². The smallest absolute Gasteiger partial charge is 0.306 e. The molecule has 0 saturated carbocycles. The Hall–Kier alpha value is -2.32. The minimum Gasteiger partial charge on any atom is -0.756 e. The van der Waals surface area contributed by atoms with E-state index in [1.54, 1.807) is 0 Å². The number of esters is 1. The number of allylic oxidation sites excluding steroid dienone is 14. The minimum absolute atomic E-state index is 0.0177. The summed E-state index contributed by atoms with van der Waals surface area (Å²) in [4.78, 5) is 25.2. The fourth-order valence-corrected chi connectivity index (χ4v) is 7.84. The number of hydrogen-bond donors (Lipinski definition) is 0. The number of nitrogens with zero attached hydrogens (tertiary/aromatic N) is 1. The highest BCUT2D eigenvalue weighted by Gasteiger charge is 2.20. The monoisotopic (exact) mass is 944 g/mol. The first-order valence-electron chi connectivity index (χ1n) is 26.8. The van der Waals surface area contributed by atoms with Crippen molar-refractivity contribution in [3.05, 3.63) is 85.1 Å². The van der Waals surface area contributed by atoms with Gasteiger partial charge >= 0.3 is 5.97 Å². The minimum atomic E-state index is -4.54. The summed E-state index contributed by atoms with van der Waals surface area (Å²) in [5.41, 5.74) is 0. The Kier molecular flexibility index (Phi) is 47.4. The van der Waals surface area contributed by atoms with Crippen molar-refractivity contribution in [1.29, 1.82) is 0 Å². The van der Waals surface area contributed by atoms with Gasteiger partial charge in [-0.25, -0.2) is 0 Å². The lowest BCUT2D eigenvalue weighted by Crippen LogP contribution is -2.37. The fourth-order valence-electron chi connectivity index (χ4n) is 7.12. The molecule has 0 aromatic rings. The summed E-state index contributed by atoms with van der Waals surface area (Å²) >= 11 is 0. The number of carbonyl (C=O) groups is 1. The van der Waals surface area contributed by atoms with E-state index in [4.69, 9.17) is 18.5 Å². The number of likely N-dealkylation sites (N-methyl/N-ethyl adjacent to an activating group) is 1. The lowest BCUT2D eigenvalue weighted by Gasteiger charge is -2.28. The van der Waals surface area contributed by atoms with Crippen LogP contribution < -0.4 is 4.89 Å². The van der Waals surface area contributed by atoms with Crippen molar-refractivity contribution in [3.63, 3.8) is 0 Å². The topological polar surface area (TPSA) is 94.1 Å². The van der Waals surface area contributed by atoms with Crippen LogP contribution >= 0.6 is 7.82 Å². The second-order valence-electron chi connectivity index (χ2n) is 18.9. The zero-order valence-corrected chi connectivity index (χ0v) is 44.3. The molecule has 66 heavy (non-hydrogen) atoms. The van der Waals surface area contributed by atoms with Crippen LogP contribution in [0.3, 0.4) is 0 Å². The van der Waals surface area contributed by atoms with Crippen molar-refractivity contribution in [2.45, 2.75) is 219 Å². The van der Waals surface area contributed by atoms with Gasteiger partial charge in [-0.1, -0.05) is 221 Å². The summed E-state index contributed by atoms with van der Waals surface area (Å²) in [6, 6.07) is 0. The van der Waals surface area contributed by atoms with Crippen LogP contribution in [0.1, 0.15) is 213 Å². The highest BCUT2D eigenvalue weighted by atomic mass is 31.2. The number of quaternary nitrogens is 1. The van der Waals surface area contributed by atoms with Gasteiger partial charge in [0.15, 0.2) is 0 Å². The van der Waals surface area contributed by atoms with Crippen LogP contribution in [0, 0.1) is 0 Å². The quantitative estimate of drug-likeness (QED) is 0.0197. The number of unbranched alkanes of at least 4 members (excludes halogenated alkanes) is 21.